The van der Waals surface area contributed by atoms with Gasteiger partial charge in [0.15, 0.2) is 0 Å². The molecule has 0 bridgehead atoms. The fourth-order valence-corrected chi connectivity index (χ4v) is 1.92. The second-order valence-electron chi connectivity index (χ2n) is 4.20. The minimum atomic E-state index is 0.274. The molecule has 1 rings (SSSR count). The molecule has 3 heteroatoms. The number of hydrogen-bond acceptors (Lipinski definition) is 3. The Hall–Kier alpha value is -1.77. The lowest BCUT2D eigenvalue weighted by atomic mass is 9.94. The van der Waals surface area contributed by atoms with Gasteiger partial charge in [0.05, 0.1) is 0 Å². The van der Waals surface area contributed by atoms with E-state index in [1.54, 1.807) is 12.3 Å². The van der Waals surface area contributed by atoms with Crippen LogP contribution in [0.1, 0.15) is 19.8 Å². The summed E-state index contributed by atoms with van der Waals surface area (Å²) < 4.78 is 0. The highest BCUT2D eigenvalue weighted by Gasteiger charge is 2.14. The summed E-state index contributed by atoms with van der Waals surface area (Å²) in [5, 5.41) is 0. The molecule has 0 aliphatic carbocycles. The predicted molar refractivity (Wildman–Crippen MR) is 81.0 cm³/mol. The summed E-state index contributed by atoms with van der Waals surface area (Å²) in [5.74, 6) is 0.274. The third-order valence-electron chi connectivity index (χ3n) is 2.91. The van der Waals surface area contributed by atoms with Crippen LogP contribution in [0.15, 0.2) is 52.1 Å². The van der Waals surface area contributed by atoms with Gasteiger partial charge in [-0.15, -0.1) is 0 Å². The molecule has 0 radical (unpaired) electrons. The Morgan fingerprint density at radius 3 is 2.83 bits per heavy atom. The van der Waals surface area contributed by atoms with Crippen molar-refractivity contribution in [1.82, 2.24) is 0 Å². The van der Waals surface area contributed by atoms with Crippen molar-refractivity contribution in [3.8, 4) is 0 Å². The molecule has 1 atom stereocenters. The summed E-state index contributed by atoms with van der Waals surface area (Å²) in [6.45, 7) is 10.4. The average molecular weight is 243 g/mol. The van der Waals surface area contributed by atoms with E-state index in [0.29, 0.717) is 0 Å². The SMILES string of the molecule is C=CN=C(C=C)C(C)CC(=NC)C1=CCCN=C1. The Morgan fingerprint density at radius 1 is 1.56 bits per heavy atom. The molecular weight excluding hydrogens is 222 g/mol. The van der Waals surface area contributed by atoms with Crippen LogP contribution in [0.3, 0.4) is 0 Å². The lowest BCUT2D eigenvalue weighted by molar-refractivity contribution is 0.818. The number of dihydropyridines is 1. The Kier molecular flexibility index (Phi) is 5.98. The highest BCUT2D eigenvalue weighted by atomic mass is 14.7. The van der Waals surface area contributed by atoms with Crippen molar-refractivity contribution >= 4 is 17.6 Å². The molecule has 96 valence electrons. The van der Waals surface area contributed by atoms with Crippen LogP contribution < -0.4 is 0 Å². The molecule has 0 spiro atoms. The van der Waals surface area contributed by atoms with E-state index in [1.807, 2.05) is 13.3 Å². The predicted octanol–water partition coefficient (Wildman–Crippen LogP) is 3.25. The van der Waals surface area contributed by atoms with Crippen LogP contribution in [-0.4, -0.2) is 31.2 Å². The summed E-state index contributed by atoms with van der Waals surface area (Å²) in [7, 11) is 1.82. The summed E-state index contributed by atoms with van der Waals surface area (Å²) in [6, 6.07) is 0. The lowest BCUT2D eigenvalue weighted by Gasteiger charge is -2.15. The van der Waals surface area contributed by atoms with Gasteiger partial charge in [0, 0.05) is 48.9 Å². The van der Waals surface area contributed by atoms with Crippen molar-refractivity contribution < 1.29 is 0 Å². The van der Waals surface area contributed by atoms with E-state index in [-0.39, 0.29) is 5.92 Å². The van der Waals surface area contributed by atoms with Crippen LogP contribution >= 0.6 is 0 Å². The Morgan fingerprint density at radius 2 is 2.33 bits per heavy atom. The van der Waals surface area contributed by atoms with Crippen LogP contribution in [0.4, 0.5) is 0 Å². The zero-order valence-electron chi connectivity index (χ0n) is 11.3. The smallest absolute Gasteiger partial charge is 0.0435 e. The van der Waals surface area contributed by atoms with Gasteiger partial charge < -0.3 is 0 Å². The van der Waals surface area contributed by atoms with Gasteiger partial charge in [-0.1, -0.05) is 26.2 Å². The number of nitrogens with zero attached hydrogens (tertiary/aromatic N) is 3. The van der Waals surface area contributed by atoms with Gasteiger partial charge >= 0.3 is 0 Å². The first kappa shape index (κ1) is 14.3. The molecule has 1 aliphatic heterocycles. The van der Waals surface area contributed by atoms with E-state index >= 15 is 0 Å². The average Bonchev–Trinajstić information content (AvgIpc) is 2.42. The van der Waals surface area contributed by atoms with Gasteiger partial charge in [-0.3, -0.25) is 15.0 Å². The van der Waals surface area contributed by atoms with E-state index in [9.17, 15) is 0 Å². The van der Waals surface area contributed by atoms with E-state index in [1.165, 1.54) is 0 Å². The molecule has 1 unspecified atom stereocenters. The second kappa shape index (κ2) is 7.54. The van der Waals surface area contributed by atoms with Crippen molar-refractivity contribution in [2.24, 2.45) is 20.9 Å². The summed E-state index contributed by atoms with van der Waals surface area (Å²) in [5.41, 5.74) is 3.15. The maximum absolute atomic E-state index is 4.37. The molecule has 0 saturated carbocycles. The standard InChI is InChI=1S/C15H21N3/c1-5-14(18-6-2)12(3)10-15(16-4)13-8-7-9-17-11-13/h5-6,8,11-12H,1-2,7,9-10H2,3-4H3. The molecule has 0 saturated heterocycles. The van der Waals surface area contributed by atoms with E-state index < -0.39 is 0 Å². The van der Waals surface area contributed by atoms with Crippen molar-refractivity contribution in [3.63, 3.8) is 0 Å². The summed E-state index contributed by atoms with van der Waals surface area (Å²) in [6.07, 6.45) is 9.28. The topological polar surface area (TPSA) is 37.1 Å². The summed E-state index contributed by atoms with van der Waals surface area (Å²) in [4.78, 5) is 12.9. The van der Waals surface area contributed by atoms with Crippen molar-refractivity contribution in [1.29, 1.82) is 0 Å². The number of aliphatic imine (C=N–C) groups is 3. The Labute approximate surface area is 109 Å². The molecule has 18 heavy (non-hydrogen) atoms. The van der Waals surface area contributed by atoms with Crippen molar-refractivity contribution in [3.05, 3.63) is 37.1 Å². The molecule has 0 aromatic carbocycles. The van der Waals surface area contributed by atoms with Crippen LogP contribution in [-0.2, 0) is 0 Å². The van der Waals surface area contributed by atoms with E-state index in [4.69, 9.17) is 0 Å². The van der Waals surface area contributed by atoms with Crippen molar-refractivity contribution in [2.45, 2.75) is 19.8 Å². The van der Waals surface area contributed by atoms with E-state index in [2.05, 4.69) is 41.1 Å². The Bertz CT molecular complexity index is 425. The van der Waals surface area contributed by atoms with Gasteiger partial charge in [0.2, 0.25) is 0 Å². The second-order valence-corrected chi connectivity index (χ2v) is 4.20. The maximum Gasteiger partial charge on any atom is 0.0435 e. The molecule has 0 aromatic heterocycles. The van der Waals surface area contributed by atoms with Crippen LogP contribution in [0, 0.1) is 5.92 Å². The van der Waals surface area contributed by atoms with E-state index in [0.717, 1.165) is 36.4 Å². The summed E-state index contributed by atoms with van der Waals surface area (Å²) >= 11 is 0. The molecule has 0 N–H and O–H groups in total. The number of hydrogen-bond donors (Lipinski definition) is 0. The van der Waals surface area contributed by atoms with Crippen LogP contribution in [0.25, 0.3) is 0 Å². The zero-order chi connectivity index (χ0) is 13.4. The molecule has 0 fully saturated rings. The fourth-order valence-electron chi connectivity index (χ4n) is 1.92. The monoisotopic (exact) mass is 243 g/mol. The first-order valence-corrected chi connectivity index (χ1v) is 6.20. The third-order valence-corrected chi connectivity index (χ3v) is 2.91. The quantitative estimate of drug-likeness (QED) is 0.642. The van der Waals surface area contributed by atoms with Gasteiger partial charge in [-0.2, -0.15) is 0 Å². The van der Waals surface area contributed by atoms with Crippen LogP contribution in [0.5, 0.6) is 0 Å². The minimum Gasteiger partial charge on any atom is -0.292 e. The first-order chi connectivity index (χ1) is 8.72. The minimum absolute atomic E-state index is 0.274. The normalized spacial score (nSPS) is 18.2. The van der Waals surface area contributed by atoms with Crippen LogP contribution in [0.2, 0.25) is 0 Å². The van der Waals surface area contributed by atoms with Gasteiger partial charge in [-0.05, 0) is 18.9 Å². The van der Waals surface area contributed by atoms with Gasteiger partial charge in [-0.25, -0.2) is 0 Å². The highest BCUT2D eigenvalue weighted by molar-refractivity contribution is 6.17. The molecule has 1 heterocycles. The fraction of sp³-hybridized carbons (Fsp3) is 0.400. The largest absolute Gasteiger partial charge is 0.292 e. The van der Waals surface area contributed by atoms with Gasteiger partial charge in [0.25, 0.3) is 0 Å². The molecule has 0 amide bonds. The molecule has 0 aromatic rings. The molecule has 3 nitrogen and oxygen atoms in total. The Balaban J connectivity index is 2.78. The first-order valence-electron chi connectivity index (χ1n) is 6.20. The van der Waals surface area contributed by atoms with Crippen molar-refractivity contribution in [2.75, 3.05) is 13.6 Å². The third kappa shape index (κ3) is 3.91. The van der Waals surface area contributed by atoms with Gasteiger partial charge in [0.1, 0.15) is 0 Å². The molecule has 1 aliphatic rings. The maximum atomic E-state index is 4.37. The molecular formula is C15H21N3. The lowest BCUT2D eigenvalue weighted by Crippen LogP contribution is -2.17. The zero-order valence-corrected chi connectivity index (χ0v) is 11.3. The number of allylic oxidation sites excluding steroid dienone is 2. The number of rotatable bonds is 6. The highest BCUT2D eigenvalue weighted by Crippen LogP contribution is 2.14.